The number of ether oxygens (including phenoxy) is 2. The van der Waals surface area contributed by atoms with Crippen LogP contribution >= 0.6 is 15.9 Å². The van der Waals surface area contributed by atoms with Gasteiger partial charge in [0.1, 0.15) is 18.0 Å². The van der Waals surface area contributed by atoms with Crippen LogP contribution in [0.3, 0.4) is 0 Å². The molecule has 2 aromatic heterocycles. The summed E-state index contributed by atoms with van der Waals surface area (Å²) in [5, 5.41) is 11.3. The zero-order chi connectivity index (χ0) is 25.9. The zero-order valence-corrected chi connectivity index (χ0v) is 22.5. The SMILES string of the molecule is C[C@H](COc1cc(Nc2ncc3cc(Br)ccc3n2)cc(-c2cnn(C)c2)c1)NC(=O)OC(C)(C)C. The van der Waals surface area contributed by atoms with E-state index in [2.05, 4.69) is 41.6 Å². The Hall–Kier alpha value is -3.66. The average molecular weight is 553 g/mol. The molecule has 188 valence electrons. The normalized spacial score (nSPS) is 12.3. The van der Waals surface area contributed by atoms with Crippen LogP contribution in [0.15, 0.2) is 59.5 Å². The van der Waals surface area contributed by atoms with Crippen LogP contribution in [0.2, 0.25) is 0 Å². The largest absolute Gasteiger partial charge is 0.491 e. The summed E-state index contributed by atoms with van der Waals surface area (Å²) in [6, 6.07) is 11.4. The maximum absolute atomic E-state index is 12.1. The summed E-state index contributed by atoms with van der Waals surface area (Å²) in [7, 11) is 1.87. The smallest absolute Gasteiger partial charge is 0.407 e. The first kappa shape index (κ1) is 25.4. The molecule has 1 amide bonds. The molecule has 0 saturated carbocycles. The van der Waals surface area contributed by atoms with Crippen molar-refractivity contribution in [2.24, 2.45) is 7.05 Å². The van der Waals surface area contributed by atoms with Crippen molar-refractivity contribution in [2.75, 3.05) is 11.9 Å². The number of benzene rings is 2. The van der Waals surface area contributed by atoms with Crippen molar-refractivity contribution in [1.82, 2.24) is 25.1 Å². The van der Waals surface area contributed by atoms with Gasteiger partial charge in [-0.25, -0.2) is 14.8 Å². The number of halogens is 1. The number of carbonyl (C=O) groups excluding carboxylic acids is 1. The number of nitrogens with one attached hydrogen (secondary N) is 2. The fraction of sp³-hybridized carbons (Fsp3) is 0.308. The number of aryl methyl sites for hydroxylation is 1. The van der Waals surface area contributed by atoms with Crippen LogP contribution < -0.4 is 15.4 Å². The van der Waals surface area contributed by atoms with E-state index in [0.29, 0.717) is 11.7 Å². The zero-order valence-electron chi connectivity index (χ0n) is 20.9. The molecular formula is C26H29BrN6O3. The Kier molecular flexibility index (Phi) is 7.44. The summed E-state index contributed by atoms with van der Waals surface area (Å²) >= 11 is 3.47. The van der Waals surface area contributed by atoms with Crippen molar-refractivity contribution in [3.63, 3.8) is 0 Å². The number of nitrogens with zero attached hydrogens (tertiary/aromatic N) is 4. The number of fused-ring (bicyclic) bond motifs is 1. The van der Waals surface area contributed by atoms with E-state index in [-0.39, 0.29) is 12.6 Å². The second-order valence-corrected chi connectivity index (χ2v) is 10.4. The van der Waals surface area contributed by atoms with Gasteiger partial charge in [-0.15, -0.1) is 0 Å². The van der Waals surface area contributed by atoms with Gasteiger partial charge in [-0.3, -0.25) is 4.68 Å². The van der Waals surface area contributed by atoms with Crippen molar-refractivity contribution in [3.8, 4) is 16.9 Å². The lowest BCUT2D eigenvalue weighted by molar-refractivity contribution is 0.0494. The van der Waals surface area contributed by atoms with E-state index in [0.717, 1.165) is 32.2 Å². The van der Waals surface area contributed by atoms with Crippen molar-refractivity contribution < 1.29 is 14.3 Å². The van der Waals surface area contributed by atoms with Gasteiger partial charge in [-0.2, -0.15) is 5.10 Å². The van der Waals surface area contributed by atoms with Crippen molar-refractivity contribution in [1.29, 1.82) is 0 Å². The molecule has 0 radical (unpaired) electrons. The minimum Gasteiger partial charge on any atom is -0.491 e. The second-order valence-electron chi connectivity index (χ2n) is 9.53. The first-order chi connectivity index (χ1) is 17.0. The summed E-state index contributed by atoms with van der Waals surface area (Å²) in [5.74, 6) is 1.10. The summed E-state index contributed by atoms with van der Waals surface area (Å²) in [4.78, 5) is 21.1. The number of anilines is 2. The van der Waals surface area contributed by atoms with Gasteiger partial charge in [0.15, 0.2) is 0 Å². The monoisotopic (exact) mass is 552 g/mol. The van der Waals surface area contributed by atoms with Gasteiger partial charge >= 0.3 is 6.09 Å². The van der Waals surface area contributed by atoms with E-state index in [1.807, 2.05) is 77.3 Å². The van der Waals surface area contributed by atoms with E-state index < -0.39 is 11.7 Å². The van der Waals surface area contributed by atoms with Crippen LogP contribution in [-0.2, 0) is 11.8 Å². The molecule has 0 unspecified atom stereocenters. The molecule has 0 aliphatic rings. The van der Waals surface area contributed by atoms with Crippen molar-refractivity contribution in [3.05, 3.63) is 59.5 Å². The van der Waals surface area contributed by atoms with Gasteiger partial charge < -0.3 is 20.1 Å². The Morgan fingerprint density at radius 1 is 1.14 bits per heavy atom. The Morgan fingerprint density at radius 3 is 2.67 bits per heavy atom. The van der Waals surface area contributed by atoms with Crippen molar-refractivity contribution in [2.45, 2.75) is 39.3 Å². The molecule has 2 aromatic carbocycles. The van der Waals surface area contributed by atoms with E-state index >= 15 is 0 Å². The molecule has 0 aliphatic carbocycles. The predicted octanol–water partition coefficient (Wildman–Crippen LogP) is 5.83. The summed E-state index contributed by atoms with van der Waals surface area (Å²) in [6.45, 7) is 7.59. The van der Waals surface area contributed by atoms with E-state index in [9.17, 15) is 4.79 Å². The highest BCUT2D eigenvalue weighted by Gasteiger charge is 2.18. The van der Waals surface area contributed by atoms with Crippen LogP contribution in [0, 0.1) is 0 Å². The molecule has 1 atom stereocenters. The minimum atomic E-state index is -0.565. The van der Waals surface area contributed by atoms with Crippen molar-refractivity contribution >= 4 is 44.6 Å². The first-order valence-corrected chi connectivity index (χ1v) is 12.3. The highest BCUT2D eigenvalue weighted by atomic mass is 79.9. The quantitative estimate of drug-likeness (QED) is 0.297. The lowest BCUT2D eigenvalue weighted by atomic mass is 10.1. The van der Waals surface area contributed by atoms with Crippen LogP contribution in [0.5, 0.6) is 5.75 Å². The molecule has 36 heavy (non-hydrogen) atoms. The van der Waals surface area contributed by atoms with Gasteiger partial charge in [0, 0.05) is 46.6 Å². The number of amides is 1. The maximum Gasteiger partial charge on any atom is 0.407 e. The third-order valence-electron chi connectivity index (χ3n) is 5.01. The third kappa shape index (κ3) is 6.94. The topological polar surface area (TPSA) is 103 Å². The van der Waals surface area contributed by atoms with Crippen LogP contribution in [0.4, 0.5) is 16.4 Å². The second kappa shape index (κ2) is 10.5. The number of aromatic nitrogens is 4. The molecule has 4 aromatic rings. The van der Waals surface area contributed by atoms with E-state index in [1.165, 1.54) is 0 Å². The molecule has 0 spiro atoms. The Morgan fingerprint density at radius 2 is 1.94 bits per heavy atom. The molecule has 0 fully saturated rings. The molecule has 4 rings (SSSR count). The van der Waals surface area contributed by atoms with Gasteiger partial charge in [0.2, 0.25) is 5.95 Å². The molecular weight excluding hydrogens is 524 g/mol. The van der Waals surface area contributed by atoms with Gasteiger partial charge in [0.05, 0.1) is 17.8 Å². The lowest BCUT2D eigenvalue weighted by Gasteiger charge is -2.22. The Labute approximate surface area is 218 Å². The lowest BCUT2D eigenvalue weighted by Crippen LogP contribution is -2.40. The molecule has 2 N–H and O–H groups in total. The molecule has 2 heterocycles. The van der Waals surface area contributed by atoms with Crippen LogP contribution in [-0.4, -0.2) is 44.1 Å². The van der Waals surface area contributed by atoms with E-state index in [1.54, 1.807) is 17.1 Å². The van der Waals surface area contributed by atoms with Gasteiger partial charge in [-0.1, -0.05) is 15.9 Å². The average Bonchev–Trinajstić information content (AvgIpc) is 3.23. The minimum absolute atomic E-state index is 0.260. The third-order valence-corrected chi connectivity index (χ3v) is 5.50. The predicted molar refractivity (Wildman–Crippen MR) is 143 cm³/mol. The van der Waals surface area contributed by atoms with Gasteiger partial charge in [-0.05, 0) is 63.6 Å². The summed E-state index contributed by atoms with van der Waals surface area (Å²) < 4.78 is 14.1. The molecule has 0 saturated heterocycles. The Balaban J connectivity index is 1.54. The Bertz CT molecular complexity index is 1380. The molecule has 0 bridgehead atoms. The van der Waals surface area contributed by atoms with Crippen LogP contribution in [0.1, 0.15) is 27.7 Å². The molecule has 9 nitrogen and oxygen atoms in total. The number of rotatable bonds is 7. The van der Waals surface area contributed by atoms with Gasteiger partial charge in [0.25, 0.3) is 0 Å². The standard InChI is InChI=1S/C26H29BrN6O3/c1-16(30-25(34)36-26(2,3)4)15-35-22-10-17(19-13-29-33(5)14-19)9-21(11-22)31-24-28-12-18-8-20(27)6-7-23(18)32-24/h6-14,16H,15H2,1-5H3,(H,30,34)(H,28,31,32)/t16-/m1/s1. The van der Waals surface area contributed by atoms with Crippen LogP contribution in [0.25, 0.3) is 22.0 Å². The number of alkyl carbamates (subject to hydrolysis) is 1. The highest BCUT2D eigenvalue weighted by molar-refractivity contribution is 9.10. The maximum atomic E-state index is 12.1. The number of hydrogen-bond donors (Lipinski definition) is 2. The molecule has 0 aliphatic heterocycles. The number of hydrogen-bond acceptors (Lipinski definition) is 7. The molecule has 10 heteroatoms. The highest BCUT2D eigenvalue weighted by Crippen LogP contribution is 2.30. The van der Waals surface area contributed by atoms with E-state index in [4.69, 9.17) is 9.47 Å². The summed E-state index contributed by atoms with van der Waals surface area (Å²) in [5.41, 5.74) is 2.88. The summed E-state index contributed by atoms with van der Waals surface area (Å²) in [6.07, 6.45) is 5.02. The first-order valence-electron chi connectivity index (χ1n) is 11.5. The fourth-order valence-electron chi connectivity index (χ4n) is 3.46. The number of carbonyl (C=O) groups is 1. The fourth-order valence-corrected chi connectivity index (χ4v) is 3.84.